The highest BCUT2D eigenvalue weighted by Crippen LogP contribution is 2.28. The van der Waals surface area contributed by atoms with Gasteiger partial charge in [0, 0.05) is 19.1 Å². The molecule has 2 aromatic rings. The fourth-order valence-corrected chi connectivity index (χ4v) is 2.33. The Kier molecular flexibility index (Phi) is 3.06. The first-order valence-corrected chi connectivity index (χ1v) is 6.09. The molecule has 18 heavy (non-hydrogen) atoms. The molecule has 0 amide bonds. The van der Waals surface area contributed by atoms with E-state index >= 15 is 0 Å². The molecule has 94 valence electrons. The molecule has 3 rings (SSSR count). The number of para-hydroxylation sites is 1. The van der Waals surface area contributed by atoms with E-state index in [1.54, 1.807) is 29.1 Å². The molecule has 0 atom stereocenters. The van der Waals surface area contributed by atoms with Gasteiger partial charge in [0.05, 0.1) is 11.9 Å². The average Bonchev–Trinajstić information content (AvgIpc) is 2.89. The zero-order valence-corrected chi connectivity index (χ0v) is 9.92. The second-order valence-corrected chi connectivity index (χ2v) is 4.41. The van der Waals surface area contributed by atoms with Gasteiger partial charge < -0.3 is 4.74 Å². The Morgan fingerprint density at radius 2 is 2.00 bits per heavy atom. The highest BCUT2D eigenvalue weighted by molar-refractivity contribution is 5.34. The summed E-state index contributed by atoms with van der Waals surface area (Å²) in [5, 5.41) is 7.93. The van der Waals surface area contributed by atoms with Crippen molar-refractivity contribution in [2.24, 2.45) is 0 Å². The Morgan fingerprint density at radius 3 is 2.78 bits per heavy atom. The molecule has 2 heterocycles. The molecule has 0 radical (unpaired) electrons. The molecule has 1 fully saturated rings. The third kappa shape index (κ3) is 2.01. The van der Waals surface area contributed by atoms with E-state index in [1.165, 1.54) is 6.07 Å². The molecule has 0 saturated carbocycles. The molecule has 0 spiro atoms. The Labute approximate surface area is 104 Å². The van der Waals surface area contributed by atoms with Gasteiger partial charge in [-0.2, -0.15) is 0 Å². The van der Waals surface area contributed by atoms with Crippen LogP contribution in [0.15, 0.2) is 30.5 Å². The number of hydrogen-bond donors (Lipinski definition) is 0. The Hall–Kier alpha value is -1.75. The van der Waals surface area contributed by atoms with Gasteiger partial charge in [-0.15, -0.1) is 5.10 Å². The standard InChI is InChI=1S/C13H14FN3O/c14-11-3-1-2-4-12(11)17-13(9-15-16-17)10-5-7-18-8-6-10/h1-4,9-10H,5-8H2. The Bertz CT molecular complexity index is 535. The van der Waals surface area contributed by atoms with Crippen molar-refractivity contribution >= 4 is 0 Å². The van der Waals surface area contributed by atoms with E-state index in [-0.39, 0.29) is 5.82 Å². The van der Waals surface area contributed by atoms with Gasteiger partial charge in [0.2, 0.25) is 0 Å². The first-order valence-electron chi connectivity index (χ1n) is 6.09. The maximum atomic E-state index is 13.8. The van der Waals surface area contributed by atoms with Crippen molar-refractivity contribution < 1.29 is 9.13 Å². The predicted octanol–water partition coefficient (Wildman–Crippen LogP) is 2.30. The van der Waals surface area contributed by atoms with Gasteiger partial charge in [0.1, 0.15) is 11.5 Å². The summed E-state index contributed by atoms with van der Waals surface area (Å²) in [6, 6.07) is 6.62. The fraction of sp³-hybridized carbons (Fsp3) is 0.385. The number of rotatable bonds is 2. The molecule has 0 bridgehead atoms. The number of benzene rings is 1. The summed E-state index contributed by atoms with van der Waals surface area (Å²) in [5.41, 5.74) is 1.42. The summed E-state index contributed by atoms with van der Waals surface area (Å²) in [4.78, 5) is 0. The van der Waals surface area contributed by atoms with Crippen LogP contribution in [0.3, 0.4) is 0 Å². The first-order chi connectivity index (χ1) is 8.86. The average molecular weight is 247 g/mol. The minimum atomic E-state index is -0.281. The van der Waals surface area contributed by atoms with Crippen LogP contribution in [0.2, 0.25) is 0 Å². The van der Waals surface area contributed by atoms with Crippen LogP contribution < -0.4 is 0 Å². The largest absolute Gasteiger partial charge is 0.381 e. The molecule has 1 aromatic carbocycles. The van der Waals surface area contributed by atoms with Crippen LogP contribution in [0.4, 0.5) is 4.39 Å². The van der Waals surface area contributed by atoms with E-state index in [1.807, 2.05) is 0 Å². The second kappa shape index (κ2) is 4.86. The molecule has 1 saturated heterocycles. The van der Waals surface area contributed by atoms with Gasteiger partial charge in [-0.05, 0) is 25.0 Å². The van der Waals surface area contributed by atoms with E-state index in [4.69, 9.17) is 4.74 Å². The van der Waals surface area contributed by atoms with Gasteiger partial charge in [-0.3, -0.25) is 0 Å². The van der Waals surface area contributed by atoms with Crippen LogP contribution in [0.1, 0.15) is 24.5 Å². The molecular formula is C13H14FN3O. The second-order valence-electron chi connectivity index (χ2n) is 4.41. The molecule has 1 aliphatic heterocycles. The number of nitrogens with zero attached hydrogens (tertiary/aromatic N) is 3. The zero-order chi connectivity index (χ0) is 12.4. The van der Waals surface area contributed by atoms with Gasteiger partial charge in [-0.1, -0.05) is 17.3 Å². The van der Waals surface area contributed by atoms with Gasteiger partial charge in [0.25, 0.3) is 0 Å². The number of halogens is 1. The van der Waals surface area contributed by atoms with Crippen LogP contribution in [0.25, 0.3) is 5.69 Å². The van der Waals surface area contributed by atoms with Gasteiger partial charge >= 0.3 is 0 Å². The predicted molar refractivity (Wildman–Crippen MR) is 64.1 cm³/mol. The Balaban J connectivity index is 1.98. The van der Waals surface area contributed by atoms with Gasteiger partial charge in [0.15, 0.2) is 0 Å². The lowest BCUT2D eigenvalue weighted by Gasteiger charge is -2.22. The maximum Gasteiger partial charge on any atom is 0.148 e. The lowest BCUT2D eigenvalue weighted by atomic mass is 9.97. The molecule has 0 unspecified atom stereocenters. The minimum Gasteiger partial charge on any atom is -0.381 e. The lowest BCUT2D eigenvalue weighted by molar-refractivity contribution is 0.0840. The van der Waals surface area contributed by atoms with E-state index in [2.05, 4.69) is 10.3 Å². The first kappa shape index (κ1) is 11.3. The van der Waals surface area contributed by atoms with E-state index in [0.717, 1.165) is 31.7 Å². The molecule has 0 N–H and O–H groups in total. The summed E-state index contributed by atoms with van der Waals surface area (Å²) in [7, 11) is 0. The van der Waals surface area contributed by atoms with Crippen LogP contribution in [0, 0.1) is 5.82 Å². The van der Waals surface area contributed by atoms with Crippen molar-refractivity contribution in [3.05, 3.63) is 42.0 Å². The highest BCUT2D eigenvalue weighted by atomic mass is 19.1. The SMILES string of the molecule is Fc1ccccc1-n1nncc1C1CCOCC1. The maximum absolute atomic E-state index is 13.8. The summed E-state index contributed by atoms with van der Waals surface area (Å²) >= 11 is 0. The van der Waals surface area contributed by atoms with E-state index < -0.39 is 0 Å². The van der Waals surface area contributed by atoms with Crippen molar-refractivity contribution in [1.82, 2.24) is 15.0 Å². The highest BCUT2D eigenvalue weighted by Gasteiger charge is 2.21. The van der Waals surface area contributed by atoms with Crippen LogP contribution in [-0.4, -0.2) is 28.2 Å². The van der Waals surface area contributed by atoms with Crippen LogP contribution >= 0.6 is 0 Å². The van der Waals surface area contributed by atoms with E-state index in [9.17, 15) is 4.39 Å². The summed E-state index contributed by atoms with van der Waals surface area (Å²) < 4.78 is 20.7. The molecular weight excluding hydrogens is 233 g/mol. The zero-order valence-electron chi connectivity index (χ0n) is 9.92. The molecule has 5 heteroatoms. The summed E-state index contributed by atoms with van der Waals surface area (Å²) in [6.07, 6.45) is 3.59. The molecule has 0 aliphatic carbocycles. The third-order valence-corrected chi connectivity index (χ3v) is 3.30. The molecule has 4 nitrogen and oxygen atoms in total. The molecule has 1 aliphatic rings. The third-order valence-electron chi connectivity index (χ3n) is 3.30. The lowest BCUT2D eigenvalue weighted by Crippen LogP contribution is -2.17. The number of aromatic nitrogens is 3. The van der Waals surface area contributed by atoms with Crippen molar-refractivity contribution in [2.45, 2.75) is 18.8 Å². The fourth-order valence-electron chi connectivity index (χ4n) is 2.33. The van der Waals surface area contributed by atoms with Gasteiger partial charge in [-0.25, -0.2) is 9.07 Å². The Morgan fingerprint density at radius 1 is 1.22 bits per heavy atom. The quantitative estimate of drug-likeness (QED) is 0.817. The number of ether oxygens (including phenoxy) is 1. The minimum absolute atomic E-state index is 0.281. The normalized spacial score (nSPS) is 16.9. The van der Waals surface area contributed by atoms with Crippen molar-refractivity contribution in [1.29, 1.82) is 0 Å². The summed E-state index contributed by atoms with van der Waals surface area (Å²) in [5.74, 6) is 0.0599. The number of hydrogen-bond acceptors (Lipinski definition) is 3. The monoisotopic (exact) mass is 247 g/mol. The topological polar surface area (TPSA) is 39.9 Å². The van der Waals surface area contributed by atoms with E-state index in [0.29, 0.717) is 11.6 Å². The smallest absolute Gasteiger partial charge is 0.148 e. The van der Waals surface area contributed by atoms with Crippen molar-refractivity contribution in [3.63, 3.8) is 0 Å². The van der Waals surface area contributed by atoms with Crippen LogP contribution in [-0.2, 0) is 4.74 Å². The van der Waals surface area contributed by atoms with Crippen molar-refractivity contribution in [2.75, 3.05) is 13.2 Å². The summed E-state index contributed by atoms with van der Waals surface area (Å²) in [6.45, 7) is 1.49. The van der Waals surface area contributed by atoms with Crippen molar-refractivity contribution in [3.8, 4) is 5.69 Å². The molecule has 1 aromatic heterocycles. The van der Waals surface area contributed by atoms with Crippen LogP contribution in [0.5, 0.6) is 0 Å².